The smallest absolute Gasteiger partial charge is 0.325 e. The van der Waals surface area contributed by atoms with E-state index in [1.165, 1.54) is 0 Å². The van der Waals surface area contributed by atoms with E-state index in [1.807, 2.05) is 26.3 Å². The first-order valence-corrected chi connectivity index (χ1v) is 9.32. The largest absolute Gasteiger partial charge is 0.418 e. The number of carbonyl (C=O) groups is 2. The number of fused-ring (bicyclic) bond motifs is 2. The number of piperidine rings is 1. The Labute approximate surface area is 154 Å². The third kappa shape index (κ3) is 4.82. The Morgan fingerprint density at radius 2 is 2.07 bits per heavy atom. The molecule has 3 atom stereocenters. The van der Waals surface area contributed by atoms with Gasteiger partial charge in [0.25, 0.3) is 11.8 Å². The first-order valence-electron chi connectivity index (χ1n) is 7.95. The summed E-state index contributed by atoms with van der Waals surface area (Å²) in [6.07, 6.45) is -1.07. The van der Waals surface area contributed by atoms with Crippen molar-refractivity contribution in [3.05, 3.63) is 0 Å². The minimum absolute atomic E-state index is 0.0904. The van der Waals surface area contributed by atoms with Crippen molar-refractivity contribution in [2.75, 3.05) is 13.2 Å². The summed E-state index contributed by atoms with van der Waals surface area (Å²) >= 11 is 0. The molecule has 2 heterocycles. The highest BCUT2D eigenvalue weighted by Gasteiger charge is 2.62. The van der Waals surface area contributed by atoms with Gasteiger partial charge in [-0.1, -0.05) is 20.8 Å². The molecule has 2 fully saturated rings. The number of alkyl halides is 2. The van der Waals surface area contributed by atoms with Crippen LogP contribution >= 0.6 is 0 Å². The minimum Gasteiger partial charge on any atom is -0.325 e. The molecule has 2 aliphatic heterocycles. The molecular weight excluding hydrogens is 394 g/mol. The summed E-state index contributed by atoms with van der Waals surface area (Å²) in [6.45, 7) is 4.78. The van der Waals surface area contributed by atoms with Gasteiger partial charge in [-0.2, -0.15) is 13.5 Å². The van der Waals surface area contributed by atoms with Gasteiger partial charge in [0.05, 0.1) is 13.2 Å². The van der Waals surface area contributed by atoms with Crippen molar-refractivity contribution in [3.8, 4) is 0 Å². The Hall–Kier alpha value is -1.61. The molecule has 27 heavy (non-hydrogen) atoms. The van der Waals surface area contributed by atoms with Gasteiger partial charge >= 0.3 is 16.4 Å². The summed E-state index contributed by atoms with van der Waals surface area (Å²) in [5.41, 5.74) is 7.51. The zero-order valence-corrected chi connectivity index (χ0v) is 15.7. The maximum atomic E-state index is 14.3. The van der Waals surface area contributed by atoms with Crippen LogP contribution in [0.2, 0.25) is 0 Å². The van der Waals surface area contributed by atoms with Crippen molar-refractivity contribution in [1.82, 2.24) is 15.4 Å². The molecule has 2 bridgehead atoms. The molecule has 0 radical (unpaired) electrons. The second kappa shape index (κ2) is 7.09. The van der Waals surface area contributed by atoms with E-state index in [1.54, 1.807) is 0 Å². The lowest BCUT2D eigenvalue weighted by Gasteiger charge is -2.34. The van der Waals surface area contributed by atoms with E-state index < -0.39 is 59.4 Å². The van der Waals surface area contributed by atoms with E-state index >= 15 is 0 Å². The van der Waals surface area contributed by atoms with Gasteiger partial charge in [-0.05, 0) is 5.41 Å². The fraction of sp³-hybridized carbons (Fsp3) is 0.846. The number of hydroxylamine groups is 3. The molecule has 2 rings (SSSR count). The monoisotopic (exact) mass is 416 g/mol. The molecule has 0 spiro atoms. The van der Waals surface area contributed by atoms with Gasteiger partial charge < -0.3 is 10.6 Å². The fourth-order valence-electron chi connectivity index (χ4n) is 2.61. The fourth-order valence-corrected chi connectivity index (χ4v) is 2.98. The summed E-state index contributed by atoms with van der Waals surface area (Å²) in [5, 5.41) is -0.140. The molecule has 1 unspecified atom stereocenters. The molecule has 0 aromatic heterocycles. The second-order valence-electron chi connectivity index (χ2n) is 7.51. The Balaban J connectivity index is 2.07. The van der Waals surface area contributed by atoms with Gasteiger partial charge in [-0.25, -0.2) is 19.1 Å². The molecule has 156 valence electrons. The molecule has 0 aromatic carbocycles. The van der Waals surface area contributed by atoms with Gasteiger partial charge in [0, 0.05) is 12.5 Å². The van der Waals surface area contributed by atoms with E-state index in [0.717, 1.165) is 4.90 Å². The number of nitrogens with one attached hydrogen (secondary N) is 1. The van der Waals surface area contributed by atoms with Crippen molar-refractivity contribution in [1.29, 1.82) is 0 Å². The van der Waals surface area contributed by atoms with E-state index in [2.05, 4.69) is 4.28 Å². The standard InChI is InChI=1S/C13H22F2N4O7S/c1-12(2,3)8(16)6-25-17-10(20)7-4-13(14,15)9-5-18(7)11(21)19(9)26-27(22,23)24/h7-9H,4-6,16H2,1-3H3,(H,17,20)(H,22,23,24)/t7-,8?,9-/m0/s1. The molecule has 3 amide bonds. The quantitative estimate of drug-likeness (QED) is 0.393. The Morgan fingerprint density at radius 3 is 2.59 bits per heavy atom. The van der Waals surface area contributed by atoms with Crippen molar-refractivity contribution in [3.63, 3.8) is 0 Å². The summed E-state index contributed by atoms with van der Waals surface area (Å²) in [5.74, 6) is -4.66. The summed E-state index contributed by atoms with van der Waals surface area (Å²) < 4.78 is 62.8. The summed E-state index contributed by atoms with van der Waals surface area (Å²) in [4.78, 5) is 30.1. The number of carbonyl (C=O) groups excluding carboxylic acids is 2. The normalized spacial score (nSPS) is 26.3. The average Bonchev–Trinajstić information content (AvgIpc) is 2.76. The van der Waals surface area contributed by atoms with E-state index in [0.29, 0.717) is 0 Å². The van der Waals surface area contributed by atoms with Crippen molar-refractivity contribution < 1.29 is 40.5 Å². The second-order valence-corrected chi connectivity index (χ2v) is 8.51. The summed E-state index contributed by atoms with van der Waals surface area (Å²) in [6, 6.07) is -5.33. The van der Waals surface area contributed by atoms with Crippen molar-refractivity contribution in [2.45, 2.75) is 51.2 Å². The zero-order chi connectivity index (χ0) is 20.8. The highest BCUT2D eigenvalue weighted by atomic mass is 32.3. The predicted octanol–water partition coefficient (Wildman–Crippen LogP) is -0.344. The molecule has 14 heteroatoms. The first kappa shape index (κ1) is 21.7. The Kier molecular flexibility index (Phi) is 5.69. The lowest BCUT2D eigenvalue weighted by atomic mass is 9.88. The molecule has 2 aliphatic rings. The van der Waals surface area contributed by atoms with E-state index in [4.69, 9.17) is 15.1 Å². The van der Waals surface area contributed by atoms with Crippen LogP contribution in [0.15, 0.2) is 0 Å². The molecule has 11 nitrogen and oxygen atoms in total. The maximum absolute atomic E-state index is 14.3. The average molecular weight is 416 g/mol. The number of hydrogen-bond donors (Lipinski definition) is 3. The number of urea groups is 1. The molecule has 0 saturated carbocycles. The van der Waals surface area contributed by atoms with Crippen LogP contribution in [0.5, 0.6) is 0 Å². The third-order valence-electron chi connectivity index (χ3n) is 4.44. The minimum atomic E-state index is -5.20. The number of halogens is 2. The highest BCUT2D eigenvalue weighted by Crippen LogP contribution is 2.41. The maximum Gasteiger partial charge on any atom is 0.418 e. The van der Waals surface area contributed by atoms with Gasteiger partial charge in [0.15, 0.2) is 0 Å². The molecule has 4 N–H and O–H groups in total. The number of rotatable bonds is 6. The van der Waals surface area contributed by atoms with Crippen LogP contribution in [0.1, 0.15) is 27.2 Å². The Bertz CT molecular complexity index is 712. The number of hydrogen-bond acceptors (Lipinski definition) is 7. The van der Waals surface area contributed by atoms with Gasteiger partial charge in [-0.3, -0.25) is 14.2 Å². The van der Waals surface area contributed by atoms with Crippen molar-refractivity contribution in [2.24, 2.45) is 11.1 Å². The number of nitrogens with two attached hydrogens (primary N) is 1. The first-order chi connectivity index (χ1) is 12.1. The van der Waals surface area contributed by atoms with Crippen LogP contribution in [0.25, 0.3) is 0 Å². The molecular formula is C13H22F2N4O7S. The van der Waals surface area contributed by atoms with E-state index in [-0.39, 0.29) is 17.1 Å². The van der Waals surface area contributed by atoms with Crippen LogP contribution in [0.3, 0.4) is 0 Å². The molecule has 0 aliphatic carbocycles. The summed E-state index contributed by atoms with van der Waals surface area (Å²) in [7, 11) is -5.20. The van der Waals surface area contributed by atoms with Gasteiger partial charge in [-0.15, -0.1) is 4.28 Å². The van der Waals surface area contributed by atoms with Crippen molar-refractivity contribution >= 4 is 22.3 Å². The van der Waals surface area contributed by atoms with Crippen LogP contribution in [-0.4, -0.2) is 72.1 Å². The predicted molar refractivity (Wildman–Crippen MR) is 85.2 cm³/mol. The lowest BCUT2D eigenvalue weighted by molar-refractivity contribution is -0.159. The number of nitrogens with zero attached hydrogens (tertiary/aromatic N) is 2. The van der Waals surface area contributed by atoms with Crippen LogP contribution in [0, 0.1) is 5.41 Å². The topological polar surface area (TPSA) is 151 Å². The van der Waals surface area contributed by atoms with E-state index in [9.17, 15) is 26.8 Å². The van der Waals surface area contributed by atoms with Crippen LogP contribution in [0.4, 0.5) is 13.6 Å². The zero-order valence-electron chi connectivity index (χ0n) is 14.9. The van der Waals surface area contributed by atoms with Crippen LogP contribution in [-0.2, 0) is 24.3 Å². The van der Waals surface area contributed by atoms with Gasteiger partial charge in [0.1, 0.15) is 12.1 Å². The van der Waals surface area contributed by atoms with Gasteiger partial charge in [0.2, 0.25) is 0 Å². The lowest BCUT2D eigenvalue weighted by Crippen LogP contribution is -2.56. The number of amides is 3. The molecule has 2 saturated heterocycles. The SMILES string of the molecule is CC(C)(C)C(N)CONC(=O)[C@@H]1CC(F)(F)[C@@H]2CN1C(=O)N2OS(=O)(=O)O. The van der Waals surface area contributed by atoms with Crippen LogP contribution < -0.4 is 11.2 Å². The Morgan fingerprint density at radius 1 is 1.48 bits per heavy atom. The highest BCUT2D eigenvalue weighted by molar-refractivity contribution is 7.80. The third-order valence-corrected chi connectivity index (χ3v) is 4.79. The molecule has 0 aromatic rings.